The maximum Gasteiger partial charge on any atom is 0.410 e. The summed E-state index contributed by atoms with van der Waals surface area (Å²) in [6, 6.07) is 5.91. The van der Waals surface area contributed by atoms with E-state index in [4.69, 9.17) is 21.1 Å². The smallest absolute Gasteiger partial charge is 0.410 e. The quantitative estimate of drug-likeness (QED) is 0.600. The Labute approximate surface area is 208 Å². The summed E-state index contributed by atoms with van der Waals surface area (Å²) in [5.41, 5.74) is 0.606. The van der Waals surface area contributed by atoms with Crippen molar-refractivity contribution < 1.29 is 22.7 Å². The van der Waals surface area contributed by atoms with Crippen molar-refractivity contribution in [2.24, 2.45) is 11.8 Å². The van der Waals surface area contributed by atoms with Gasteiger partial charge in [-0.3, -0.25) is 4.90 Å². The summed E-state index contributed by atoms with van der Waals surface area (Å²) >= 11 is 6.55. The number of piperazine rings is 1. The lowest BCUT2D eigenvalue weighted by atomic mass is 10.0. The van der Waals surface area contributed by atoms with Crippen molar-refractivity contribution in [1.29, 1.82) is 0 Å². The van der Waals surface area contributed by atoms with Crippen LogP contribution in [0.2, 0.25) is 5.02 Å². The summed E-state index contributed by atoms with van der Waals surface area (Å²) < 4.78 is 36.7. The first-order chi connectivity index (χ1) is 15.9. The summed E-state index contributed by atoms with van der Waals surface area (Å²) in [4.78, 5) is 16.4. The Morgan fingerprint density at radius 2 is 1.71 bits per heavy atom. The highest BCUT2D eigenvalue weighted by atomic mass is 35.5. The molecule has 2 saturated heterocycles. The highest BCUT2D eigenvalue weighted by molar-refractivity contribution is 7.88. The molecule has 0 bridgehead atoms. The Bertz CT molecular complexity index is 990. The summed E-state index contributed by atoms with van der Waals surface area (Å²) in [5.74, 6) is 1.56. The molecule has 2 aliphatic heterocycles. The van der Waals surface area contributed by atoms with Crippen molar-refractivity contribution in [2.45, 2.75) is 51.9 Å². The van der Waals surface area contributed by atoms with Gasteiger partial charge in [-0.15, -0.1) is 0 Å². The normalized spacial score (nSPS) is 26.5. The molecule has 4 rings (SSSR count). The van der Waals surface area contributed by atoms with Crippen LogP contribution < -0.4 is 4.74 Å². The van der Waals surface area contributed by atoms with Gasteiger partial charge in [0.1, 0.15) is 11.4 Å². The van der Waals surface area contributed by atoms with Gasteiger partial charge in [-0.25, -0.2) is 13.2 Å². The molecule has 190 valence electrons. The van der Waals surface area contributed by atoms with E-state index in [1.807, 2.05) is 43.9 Å². The Hall–Kier alpha value is -1.55. The average Bonchev–Trinajstić information content (AvgIpc) is 3.27. The van der Waals surface area contributed by atoms with Gasteiger partial charge in [0.05, 0.1) is 17.4 Å². The molecule has 1 amide bonds. The Kier molecular flexibility index (Phi) is 7.39. The molecule has 3 fully saturated rings. The fourth-order valence-corrected chi connectivity index (χ4v) is 6.29. The van der Waals surface area contributed by atoms with Gasteiger partial charge in [-0.2, -0.15) is 4.31 Å². The third-order valence-electron chi connectivity index (χ3n) is 6.86. The zero-order valence-corrected chi connectivity index (χ0v) is 22.1. The molecule has 3 aliphatic rings. The molecule has 2 unspecified atom stereocenters. The summed E-state index contributed by atoms with van der Waals surface area (Å²) in [7, 11) is -3.12. The SMILES string of the molecule is CC(C)(C)OC(=O)N1CC2CC(Oc3ccc(CN4CCN(S(C)(=O)=O)CC4)cc3Cl)CC2C1. The number of hydrogen-bond donors (Lipinski definition) is 0. The zero-order chi connectivity index (χ0) is 24.7. The topological polar surface area (TPSA) is 79.4 Å². The van der Waals surface area contributed by atoms with E-state index in [1.54, 1.807) is 0 Å². The van der Waals surface area contributed by atoms with Gasteiger partial charge >= 0.3 is 6.09 Å². The number of sulfonamides is 1. The van der Waals surface area contributed by atoms with E-state index in [1.165, 1.54) is 10.6 Å². The van der Waals surface area contributed by atoms with E-state index >= 15 is 0 Å². The van der Waals surface area contributed by atoms with Crippen molar-refractivity contribution >= 4 is 27.7 Å². The number of carbonyl (C=O) groups excluding carboxylic acids is 1. The van der Waals surface area contributed by atoms with Crippen molar-refractivity contribution in [2.75, 3.05) is 45.5 Å². The molecule has 1 aromatic carbocycles. The number of fused-ring (bicyclic) bond motifs is 1. The second-order valence-electron chi connectivity index (χ2n) is 10.8. The van der Waals surface area contributed by atoms with Crippen molar-refractivity contribution in [3.63, 3.8) is 0 Å². The predicted octanol–water partition coefficient (Wildman–Crippen LogP) is 3.44. The fourth-order valence-electron chi connectivity index (χ4n) is 5.21. The maximum absolute atomic E-state index is 12.4. The van der Waals surface area contributed by atoms with Crippen LogP contribution in [0.3, 0.4) is 0 Å². The number of ether oxygens (including phenoxy) is 2. The minimum Gasteiger partial charge on any atom is -0.489 e. The average molecular weight is 514 g/mol. The third-order valence-corrected chi connectivity index (χ3v) is 8.45. The van der Waals surface area contributed by atoms with E-state index in [2.05, 4.69) is 4.90 Å². The Morgan fingerprint density at radius 1 is 1.09 bits per heavy atom. The van der Waals surface area contributed by atoms with E-state index < -0.39 is 15.6 Å². The van der Waals surface area contributed by atoms with Crippen LogP contribution in [-0.4, -0.2) is 85.8 Å². The van der Waals surface area contributed by atoms with Crippen LogP contribution in [0.5, 0.6) is 5.75 Å². The van der Waals surface area contributed by atoms with E-state index in [9.17, 15) is 13.2 Å². The molecule has 0 radical (unpaired) electrons. The Balaban J connectivity index is 1.26. The van der Waals surface area contributed by atoms with Crippen LogP contribution in [0.1, 0.15) is 39.2 Å². The standard InChI is InChI=1S/C24H36ClN3O5S/c1-24(2,3)33-23(29)27-15-18-12-20(13-19(18)16-27)32-22-6-5-17(11-21(22)25)14-26-7-9-28(10-8-26)34(4,30)31/h5-6,11,18-20H,7-10,12-16H2,1-4H3. The van der Waals surface area contributed by atoms with Crippen molar-refractivity contribution in [3.8, 4) is 5.75 Å². The monoisotopic (exact) mass is 513 g/mol. The van der Waals surface area contributed by atoms with Crippen LogP contribution >= 0.6 is 11.6 Å². The number of nitrogens with zero attached hydrogens (tertiary/aromatic N) is 3. The first-order valence-electron chi connectivity index (χ1n) is 12.0. The number of carbonyl (C=O) groups is 1. The van der Waals surface area contributed by atoms with Crippen LogP contribution in [0.25, 0.3) is 0 Å². The summed E-state index contributed by atoms with van der Waals surface area (Å²) in [5, 5.41) is 0.597. The molecule has 0 N–H and O–H groups in total. The van der Waals surface area contributed by atoms with Crippen LogP contribution in [0.4, 0.5) is 4.79 Å². The molecule has 1 aromatic rings. The Morgan fingerprint density at radius 3 is 2.24 bits per heavy atom. The minimum atomic E-state index is -3.12. The van der Waals surface area contributed by atoms with Gasteiger partial charge in [0, 0.05) is 45.8 Å². The molecule has 10 heteroatoms. The molecule has 0 aromatic heterocycles. The number of rotatable bonds is 5. The largest absolute Gasteiger partial charge is 0.489 e. The second kappa shape index (κ2) is 9.84. The van der Waals surface area contributed by atoms with Crippen LogP contribution in [0, 0.1) is 11.8 Å². The predicted molar refractivity (Wildman–Crippen MR) is 132 cm³/mol. The lowest BCUT2D eigenvalue weighted by molar-refractivity contribution is 0.0272. The molecular formula is C24H36ClN3O5S. The number of likely N-dealkylation sites (tertiary alicyclic amines) is 1. The van der Waals surface area contributed by atoms with E-state index in [0.29, 0.717) is 48.8 Å². The van der Waals surface area contributed by atoms with Gasteiger partial charge in [0.2, 0.25) is 10.0 Å². The van der Waals surface area contributed by atoms with Gasteiger partial charge in [-0.05, 0) is 63.1 Å². The molecular weight excluding hydrogens is 478 g/mol. The summed E-state index contributed by atoms with van der Waals surface area (Å²) in [6.45, 7) is 10.3. The lowest BCUT2D eigenvalue weighted by Gasteiger charge is -2.33. The number of halogens is 1. The van der Waals surface area contributed by atoms with Crippen LogP contribution in [-0.2, 0) is 21.3 Å². The number of hydrogen-bond acceptors (Lipinski definition) is 6. The molecule has 2 atom stereocenters. The molecule has 8 nitrogen and oxygen atoms in total. The first-order valence-corrected chi connectivity index (χ1v) is 14.2. The molecule has 2 heterocycles. The third kappa shape index (κ3) is 6.36. The zero-order valence-electron chi connectivity index (χ0n) is 20.5. The number of amides is 1. The molecule has 0 spiro atoms. The second-order valence-corrected chi connectivity index (χ2v) is 13.2. The van der Waals surface area contributed by atoms with Crippen LogP contribution in [0.15, 0.2) is 18.2 Å². The minimum absolute atomic E-state index is 0.100. The molecule has 34 heavy (non-hydrogen) atoms. The maximum atomic E-state index is 12.4. The highest BCUT2D eigenvalue weighted by Gasteiger charge is 2.44. The summed E-state index contributed by atoms with van der Waals surface area (Å²) in [6.07, 6.45) is 2.95. The molecule has 1 saturated carbocycles. The van der Waals surface area contributed by atoms with E-state index in [0.717, 1.165) is 38.0 Å². The van der Waals surface area contributed by atoms with Gasteiger partial charge in [0.25, 0.3) is 0 Å². The lowest BCUT2D eigenvalue weighted by Crippen LogP contribution is -2.47. The van der Waals surface area contributed by atoms with Gasteiger partial charge in [-0.1, -0.05) is 17.7 Å². The van der Waals surface area contributed by atoms with Crippen molar-refractivity contribution in [1.82, 2.24) is 14.1 Å². The molecule has 1 aliphatic carbocycles. The first kappa shape index (κ1) is 25.5. The van der Waals surface area contributed by atoms with Gasteiger partial charge in [0.15, 0.2) is 0 Å². The van der Waals surface area contributed by atoms with Gasteiger partial charge < -0.3 is 14.4 Å². The van der Waals surface area contributed by atoms with Crippen molar-refractivity contribution in [3.05, 3.63) is 28.8 Å². The fraction of sp³-hybridized carbons (Fsp3) is 0.708. The number of benzene rings is 1. The van der Waals surface area contributed by atoms with E-state index in [-0.39, 0.29) is 12.2 Å². The highest BCUT2D eigenvalue weighted by Crippen LogP contribution is 2.41.